The summed E-state index contributed by atoms with van der Waals surface area (Å²) in [5, 5.41) is 11.7. The number of rotatable bonds is 5. The van der Waals surface area contributed by atoms with Crippen LogP contribution in [-0.2, 0) is 6.42 Å². The van der Waals surface area contributed by atoms with Crippen molar-refractivity contribution in [2.75, 3.05) is 6.54 Å². The summed E-state index contributed by atoms with van der Waals surface area (Å²) in [5.41, 5.74) is 1.80. The van der Waals surface area contributed by atoms with E-state index >= 15 is 0 Å². The maximum atomic E-state index is 13.2. The Bertz CT molecular complexity index is 738. The van der Waals surface area contributed by atoms with E-state index in [-0.39, 0.29) is 11.9 Å². The molecule has 2 aromatic heterocycles. The molecule has 1 aromatic carbocycles. The summed E-state index contributed by atoms with van der Waals surface area (Å²) in [6.45, 7) is 2.78. The van der Waals surface area contributed by atoms with Crippen LogP contribution in [0.25, 0.3) is 5.65 Å². The molecule has 1 N–H and O–H groups in total. The lowest BCUT2D eigenvalue weighted by molar-refractivity contribution is 0.560. The lowest BCUT2D eigenvalue weighted by atomic mass is 10.1. The summed E-state index contributed by atoms with van der Waals surface area (Å²) < 4.78 is 15.2. The first kappa shape index (κ1) is 13.7. The van der Waals surface area contributed by atoms with Crippen molar-refractivity contribution < 1.29 is 4.39 Å². The SMILES string of the molecule is CC(NCCc1nnc2ccccn12)c1cccc(F)c1. The molecule has 2 heterocycles. The number of nitrogens with one attached hydrogen (secondary N) is 1. The molecule has 3 rings (SSSR count). The highest BCUT2D eigenvalue weighted by molar-refractivity contribution is 5.37. The minimum atomic E-state index is -0.204. The van der Waals surface area contributed by atoms with Gasteiger partial charge in [0.05, 0.1) is 0 Å². The van der Waals surface area contributed by atoms with Gasteiger partial charge in [0.1, 0.15) is 11.6 Å². The van der Waals surface area contributed by atoms with Crippen LogP contribution in [-0.4, -0.2) is 21.1 Å². The highest BCUT2D eigenvalue weighted by atomic mass is 19.1. The zero-order valence-corrected chi connectivity index (χ0v) is 11.8. The Balaban J connectivity index is 1.61. The number of halogens is 1. The summed E-state index contributed by atoms with van der Waals surface area (Å²) in [5.74, 6) is 0.717. The molecule has 0 spiro atoms. The second-order valence-corrected chi connectivity index (χ2v) is 5.03. The number of fused-ring (bicyclic) bond motifs is 1. The molecule has 0 aliphatic rings. The standard InChI is InChI=1S/C16H17FN4/c1-12(13-5-4-6-14(17)11-13)18-9-8-16-20-19-15-7-2-3-10-21(15)16/h2-7,10-12,18H,8-9H2,1H3. The van der Waals surface area contributed by atoms with Crippen LogP contribution >= 0.6 is 0 Å². The van der Waals surface area contributed by atoms with Gasteiger partial charge in [0.2, 0.25) is 0 Å². The van der Waals surface area contributed by atoms with Gasteiger partial charge in [-0.3, -0.25) is 4.40 Å². The van der Waals surface area contributed by atoms with E-state index in [2.05, 4.69) is 15.5 Å². The lowest BCUT2D eigenvalue weighted by Gasteiger charge is -2.13. The molecule has 0 amide bonds. The maximum absolute atomic E-state index is 13.2. The predicted octanol–water partition coefficient (Wildman–Crippen LogP) is 2.76. The maximum Gasteiger partial charge on any atom is 0.160 e. The van der Waals surface area contributed by atoms with Crippen LogP contribution in [0.2, 0.25) is 0 Å². The van der Waals surface area contributed by atoms with E-state index in [1.54, 1.807) is 12.1 Å². The van der Waals surface area contributed by atoms with Gasteiger partial charge in [-0.15, -0.1) is 10.2 Å². The first-order chi connectivity index (χ1) is 10.2. The van der Waals surface area contributed by atoms with Crippen LogP contribution in [0.15, 0.2) is 48.7 Å². The molecule has 108 valence electrons. The van der Waals surface area contributed by atoms with Crippen molar-refractivity contribution >= 4 is 5.65 Å². The van der Waals surface area contributed by atoms with Crippen molar-refractivity contribution in [2.45, 2.75) is 19.4 Å². The fraction of sp³-hybridized carbons (Fsp3) is 0.250. The fourth-order valence-electron chi connectivity index (χ4n) is 2.36. The van der Waals surface area contributed by atoms with Gasteiger partial charge in [-0.1, -0.05) is 18.2 Å². The Kier molecular flexibility index (Phi) is 3.92. The third-order valence-electron chi connectivity index (χ3n) is 3.53. The summed E-state index contributed by atoms with van der Waals surface area (Å²) in [7, 11) is 0. The Morgan fingerprint density at radius 2 is 2.10 bits per heavy atom. The van der Waals surface area contributed by atoms with Crippen LogP contribution in [0.5, 0.6) is 0 Å². The molecule has 0 bridgehead atoms. The monoisotopic (exact) mass is 284 g/mol. The average Bonchev–Trinajstić information content (AvgIpc) is 2.91. The summed E-state index contributed by atoms with van der Waals surface area (Å²) in [4.78, 5) is 0. The second-order valence-electron chi connectivity index (χ2n) is 5.03. The Morgan fingerprint density at radius 3 is 2.95 bits per heavy atom. The van der Waals surface area contributed by atoms with Gasteiger partial charge in [0.25, 0.3) is 0 Å². The van der Waals surface area contributed by atoms with Crippen molar-refractivity contribution in [1.82, 2.24) is 19.9 Å². The normalized spacial score (nSPS) is 12.7. The van der Waals surface area contributed by atoms with Crippen LogP contribution in [0.4, 0.5) is 4.39 Å². The van der Waals surface area contributed by atoms with Crippen molar-refractivity contribution in [3.05, 3.63) is 65.9 Å². The summed E-state index contributed by atoms with van der Waals surface area (Å²) in [6, 6.07) is 12.6. The molecule has 0 aliphatic heterocycles. The second kappa shape index (κ2) is 6.01. The average molecular weight is 284 g/mol. The van der Waals surface area contributed by atoms with E-state index in [9.17, 15) is 4.39 Å². The van der Waals surface area contributed by atoms with Gasteiger partial charge in [-0.25, -0.2) is 4.39 Å². The van der Waals surface area contributed by atoms with Crippen LogP contribution in [0.1, 0.15) is 24.4 Å². The van der Waals surface area contributed by atoms with E-state index in [4.69, 9.17) is 0 Å². The first-order valence-electron chi connectivity index (χ1n) is 7.01. The highest BCUT2D eigenvalue weighted by Gasteiger charge is 2.07. The fourth-order valence-corrected chi connectivity index (χ4v) is 2.36. The summed E-state index contributed by atoms with van der Waals surface area (Å²) in [6.07, 6.45) is 2.73. The third-order valence-corrected chi connectivity index (χ3v) is 3.53. The van der Waals surface area contributed by atoms with Crippen molar-refractivity contribution in [1.29, 1.82) is 0 Å². The van der Waals surface area contributed by atoms with Crippen molar-refractivity contribution in [2.24, 2.45) is 0 Å². The molecule has 0 radical (unpaired) electrons. The summed E-state index contributed by atoms with van der Waals surface area (Å²) >= 11 is 0. The molecule has 5 heteroatoms. The van der Waals surface area contributed by atoms with Crippen LogP contribution in [0.3, 0.4) is 0 Å². The number of hydrogen-bond donors (Lipinski definition) is 1. The molecular weight excluding hydrogens is 267 g/mol. The van der Waals surface area contributed by atoms with E-state index in [1.807, 2.05) is 41.8 Å². The van der Waals surface area contributed by atoms with E-state index in [0.29, 0.717) is 0 Å². The molecule has 0 saturated carbocycles. The third kappa shape index (κ3) is 3.08. The molecule has 4 nitrogen and oxygen atoms in total. The van der Waals surface area contributed by atoms with Gasteiger partial charge in [-0.2, -0.15) is 0 Å². The molecule has 0 saturated heterocycles. The number of aromatic nitrogens is 3. The van der Waals surface area contributed by atoms with Crippen molar-refractivity contribution in [3.8, 4) is 0 Å². The smallest absolute Gasteiger partial charge is 0.160 e. The van der Waals surface area contributed by atoms with E-state index < -0.39 is 0 Å². The van der Waals surface area contributed by atoms with E-state index in [1.165, 1.54) is 6.07 Å². The van der Waals surface area contributed by atoms with E-state index in [0.717, 1.165) is 30.0 Å². The predicted molar refractivity (Wildman–Crippen MR) is 79.5 cm³/mol. The molecule has 1 unspecified atom stereocenters. The number of hydrogen-bond acceptors (Lipinski definition) is 3. The zero-order chi connectivity index (χ0) is 14.7. The largest absolute Gasteiger partial charge is 0.310 e. The highest BCUT2D eigenvalue weighted by Crippen LogP contribution is 2.13. The van der Waals surface area contributed by atoms with Crippen LogP contribution in [0, 0.1) is 5.82 Å². The Hall–Kier alpha value is -2.27. The minimum absolute atomic E-state index is 0.0971. The molecule has 0 fully saturated rings. The quantitative estimate of drug-likeness (QED) is 0.783. The molecule has 0 aliphatic carbocycles. The van der Waals surface area contributed by atoms with Crippen LogP contribution < -0.4 is 5.32 Å². The van der Waals surface area contributed by atoms with Crippen molar-refractivity contribution in [3.63, 3.8) is 0 Å². The number of nitrogens with zero attached hydrogens (tertiary/aromatic N) is 3. The molecule has 3 aromatic rings. The zero-order valence-electron chi connectivity index (χ0n) is 11.8. The lowest BCUT2D eigenvalue weighted by Crippen LogP contribution is -2.22. The van der Waals surface area contributed by atoms with Gasteiger partial charge in [-0.05, 0) is 36.8 Å². The van der Waals surface area contributed by atoms with Gasteiger partial charge in [0.15, 0.2) is 5.65 Å². The number of benzene rings is 1. The first-order valence-corrected chi connectivity index (χ1v) is 7.01. The molecule has 1 atom stereocenters. The number of pyridine rings is 1. The van der Waals surface area contributed by atoms with Gasteiger partial charge in [0, 0.05) is 25.2 Å². The topological polar surface area (TPSA) is 42.2 Å². The Labute approximate surface area is 122 Å². The minimum Gasteiger partial charge on any atom is -0.310 e. The Morgan fingerprint density at radius 1 is 1.19 bits per heavy atom. The van der Waals surface area contributed by atoms with Gasteiger partial charge < -0.3 is 5.32 Å². The molecular formula is C16H17FN4. The van der Waals surface area contributed by atoms with Gasteiger partial charge >= 0.3 is 0 Å². The molecule has 21 heavy (non-hydrogen) atoms.